The van der Waals surface area contributed by atoms with Crippen molar-refractivity contribution in [2.45, 2.75) is 18.3 Å². The molecule has 1 aliphatic heterocycles. The molecule has 1 amide bonds. The van der Waals surface area contributed by atoms with Crippen molar-refractivity contribution in [2.75, 3.05) is 26.0 Å². The van der Waals surface area contributed by atoms with E-state index in [1.165, 1.54) is 17.0 Å². The second-order valence-electron chi connectivity index (χ2n) is 7.12. The van der Waals surface area contributed by atoms with Gasteiger partial charge in [-0.1, -0.05) is 29.8 Å². The van der Waals surface area contributed by atoms with Crippen LogP contribution in [0.4, 0.5) is 10.2 Å². The number of benzene rings is 1. The first-order valence-electron chi connectivity index (χ1n) is 8.52. The smallest absolute Gasteiger partial charge is 0.256 e. The number of allylic oxidation sites excluding steroid dienone is 2. The highest BCUT2D eigenvalue weighted by Gasteiger charge is 2.42. The molecule has 0 bridgehead atoms. The second kappa shape index (κ2) is 6.09. The minimum atomic E-state index is -0.562. The zero-order valence-corrected chi connectivity index (χ0v) is 15.4. The molecule has 0 fully saturated rings. The van der Waals surface area contributed by atoms with Crippen LogP contribution in [-0.4, -0.2) is 36.4 Å². The summed E-state index contributed by atoms with van der Waals surface area (Å²) < 4.78 is 14.5. The van der Waals surface area contributed by atoms with Gasteiger partial charge in [0, 0.05) is 43.4 Å². The summed E-state index contributed by atoms with van der Waals surface area (Å²) in [6.45, 7) is 0.802. The van der Waals surface area contributed by atoms with Crippen LogP contribution in [0, 0.1) is 5.82 Å². The number of fused-ring (bicyclic) bond motifs is 2. The van der Waals surface area contributed by atoms with E-state index in [9.17, 15) is 9.18 Å². The normalized spacial score (nSPS) is 16.6. The number of anilines is 1. The molecule has 1 spiro atoms. The van der Waals surface area contributed by atoms with Crippen molar-refractivity contribution in [1.29, 1.82) is 0 Å². The summed E-state index contributed by atoms with van der Waals surface area (Å²) in [5.41, 5.74) is 2.29. The van der Waals surface area contributed by atoms with Gasteiger partial charge in [-0.05, 0) is 30.5 Å². The maximum absolute atomic E-state index is 14.5. The molecule has 1 N–H and O–H groups in total. The Bertz CT molecular complexity index is 931. The van der Waals surface area contributed by atoms with Crippen LogP contribution in [0.1, 0.15) is 28.8 Å². The molecule has 0 radical (unpaired) electrons. The standard InChI is InChI=1S/C20H19ClFN3O/c1-25(2)19(26)13-6-5-12(9-15(13)22)14-10-23-18-16(17(14)21)20(11-24-18)7-3-4-8-20/h3-6,9-10H,7-8,11H2,1-2H3,(H,23,24). The predicted octanol–water partition coefficient (Wildman–Crippen LogP) is 4.26. The van der Waals surface area contributed by atoms with Crippen LogP contribution in [-0.2, 0) is 5.41 Å². The number of hydrogen-bond acceptors (Lipinski definition) is 3. The van der Waals surface area contributed by atoms with Crippen LogP contribution < -0.4 is 5.32 Å². The van der Waals surface area contributed by atoms with Gasteiger partial charge in [-0.15, -0.1) is 0 Å². The minimum absolute atomic E-state index is 0.0436. The first-order chi connectivity index (χ1) is 12.4. The molecule has 1 aliphatic carbocycles. The number of nitrogens with one attached hydrogen (secondary N) is 1. The molecule has 134 valence electrons. The van der Waals surface area contributed by atoms with E-state index in [0.717, 1.165) is 30.8 Å². The summed E-state index contributed by atoms with van der Waals surface area (Å²) in [6, 6.07) is 4.58. The third-order valence-electron chi connectivity index (χ3n) is 5.24. The van der Waals surface area contributed by atoms with Crippen molar-refractivity contribution in [1.82, 2.24) is 9.88 Å². The zero-order valence-electron chi connectivity index (χ0n) is 14.6. The van der Waals surface area contributed by atoms with E-state index in [-0.39, 0.29) is 16.9 Å². The number of pyridine rings is 1. The van der Waals surface area contributed by atoms with Gasteiger partial charge in [0.05, 0.1) is 10.6 Å². The van der Waals surface area contributed by atoms with Crippen LogP contribution in [0.25, 0.3) is 11.1 Å². The quantitative estimate of drug-likeness (QED) is 0.802. The zero-order chi connectivity index (χ0) is 18.5. The number of carbonyl (C=O) groups is 1. The van der Waals surface area contributed by atoms with Crippen LogP contribution in [0.5, 0.6) is 0 Å². The van der Waals surface area contributed by atoms with Crippen molar-refractivity contribution in [2.24, 2.45) is 0 Å². The molecular weight excluding hydrogens is 353 g/mol. The summed E-state index contributed by atoms with van der Waals surface area (Å²) in [4.78, 5) is 17.9. The number of rotatable bonds is 2. The van der Waals surface area contributed by atoms with E-state index < -0.39 is 5.82 Å². The van der Waals surface area contributed by atoms with Gasteiger partial charge < -0.3 is 10.2 Å². The monoisotopic (exact) mass is 371 g/mol. The van der Waals surface area contributed by atoms with E-state index in [0.29, 0.717) is 16.1 Å². The Kier molecular flexibility index (Phi) is 3.99. The van der Waals surface area contributed by atoms with Crippen molar-refractivity contribution < 1.29 is 9.18 Å². The fourth-order valence-electron chi connectivity index (χ4n) is 3.80. The maximum Gasteiger partial charge on any atom is 0.256 e. The fourth-order valence-corrected chi connectivity index (χ4v) is 4.24. The van der Waals surface area contributed by atoms with Gasteiger partial charge in [-0.2, -0.15) is 0 Å². The Morgan fingerprint density at radius 1 is 1.31 bits per heavy atom. The summed E-state index contributed by atoms with van der Waals surface area (Å²) >= 11 is 6.76. The number of amides is 1. The summed E-state index contributed by atoms with van der Waals surface area (Å²) in [6.07, 6.45) is 7.84. The van der Waals surface area contributed by atoms with Gasteiger partial charge in [0.25, 0.3) is 5.91 Å². The van der Waals surface area contributed by atoms with Gasteiger partial charge in [0.2, 0.25) is 0 Å². The molecule has 2 aromatic rings. The molecule has 0 saturated heterocycles. The molecular formula is C20H19ClFN3O. The number of carbonyl (C=O) groups excluding carboxylic acids is 1. The van der Waals surface area contributed by atoms with E-state index >= 15 is 0 Å². The van der Waals surface area contributed by atoms with Crippen molar-refractivity contribution in [3.05, 3.63) is 58.5 Å². The number of nitrogens with zero attached hydrogens (tertiary/aromatic N) is 2. The lowest BCUT2D eigenvalue weighted by Gasteiger charge is -2.24. The average Bonchev–Trinajstić information content (AvgIpc) is 3.23. The van der Waals surface area contributed by atoms with Crippen LogP contribution in [0.3, 0.4) is 0 Å². The Morgan fingerprint density at radius 2 is 2.04 bits per heavy atom. The van der Waals surface area contributed by atoms with E-state index in [1.807, 2.05) is 0 Å². The molecule has 2 heterocycles. The van der Waals surface area contributed by atoms with Crippen molar-refractivity contribution in [3.8, 4) is 11.1 Å². The molecule has 0 unspecified atom stereocenters. The molecule has 26 heavy (non-hydrogen) atoms. The predicted molar refractivity (Wildman–Crippen MR) is 101 cm³/mol. The molecule has 4 nitrogen and oxygen atoms in total. The summed E-state index contributed by atoms with van der Waals surface area (Å²) in [5.74, 6) is -0.122. The molecule has 0 saturated carbocycles. The molecule has 0 atom stereocenters. The highest BCUT2D eigenvalue weighted by atomic mass is 35.5. The number of hydrogen-bond donors (Lipinski definition) is 1. The largest absolute Gasteiger partial charge is 0.369 e. The first kappa shape index (κ1) is 17.0. The Balaban J connectivity index is 1.78. The topological polar surface area (TPSA) is 45.2 Å². The van der Waals surface area contributed by atoms with E-state index in [1.54, 1.807) is 26.4 Å². The number of halogens is 2. The Morgan fingerprint density at radius 3 is 2.69 bits per heavy atom. The van der Waals surface area contributed by atoms with E-state index in [2.05, 4.69) is 22.5 Å². The Hall–Kier alpha value is -2.40. The lowest BCUT2D eigenvalue weighted by atomic mass is 9.80. The minimum Gasteiger partial charge on any atom is -0.369 e. The number of aromatic nitrogens is 1. The molecule has 4 rings (SSSR count). The van der Waals surface area contributed by atoms with Crippen LogP contribution >= 0.6 is 11.6 Å². The van der Waals surface area contributed by atoms with Crippen LogP contribution in [0.2, 0.25) is 5.02 Å². The molecule has 1 aromatic carbocycles. The van der Waals surface area contributed by atoms with E-state index in [4.69, 9.17) is 11.6 Å². The average molecular weight is 372 g/mol. The fraction of sp³-hybridized carbons (Fsp3) is 0.300. The molecule has 2 aliphatic rings. The van der Waals surface area contributed by atoms with Gasteiger partial charge in [-0.3, -0.25) is 4.79 Å². The molecule has 6 heteroatoms. The van der Waals surface area contributed by atoms with Gasteiger partial charge >= 0.3 is 0 Å². The second-order valence-corrected chi connectivity index (χ2v) is 7.50. The lowest BCUT2D eigenvalue weighted by molar-refractivity contribution is 0.0823. The summed E-state index contributed by atoms with van der Waals surface area (Å²) in [7, 11) is 3.19. The molecule has 1 aromatic heterocycles. The highest BCUT2D eigenvalue weighted by Crippen LogP contribution is 2.49. The summed E-state index contributed by atoms with van der Waals surface area (Å²) in [5, 5.41) is 3.95. The SMILES string of the molecule is CN(C)C(=O)c1ccc(-c2cnc3c(c2Cl)C2(CC=CC2)CN3)cc1F. The van der Waals surface area contributed by atoms with Gasteiger partial charge in [-0.25, -0.2) is 9.37 Å². The third-order valence-corrected chi connectivity index (χ3v) is 5.63. The van der Waals surface area contributed by atoms with Gasteiger partial charge in [0.1, 0.15) is 11.6 Å². The van der Waals surface area contributed by atoms with Crippen molar-refractivity contribution >= 4 is 23.3 Å². The lowest BCUT2D eigenvalue weighted by Crippen LogP contribution is -2.25. The first-order valence-corrected chi connectivity index (χ1v) is 8.90. The van der Waals surface area contributed by atoms with Crippen molar-refractivity contribution in [3.63, 3.8) is 0 Å². The third kappa shape index (κ3) is 2.50. The maximum atomic E-state index is 14.5. The van der Waals surface area contributed by atoms with Crippen LogP contribution in [0.15, 0.2) is 36.5 Å². The Labute approximate surface area is 156 Å². The van der Waals surface area contributed by atoms with Gasteiger partial charge in [0.15, 0.2) is 0 Å². The highest BCUT2D eigenvalue weighted by molar-refractivity contribution is 6.34.